The molecule has 4 aromatic rings. The highest BCUT2D eigenvalue weighted by atomic mass is 19.1. The fraction of sp³-hybridized carbons (Fsp3) is 0.273. The van der Waals surface area contributed by atoms with Crippen molar-refractivity contribution < 1.29 is 9.18 Å². The summed E-state index contributed by atoms with van der Waals surface area (Å²) in [6.07, 6.45) is 4.98. The molecule has 4 heterocycles. The maximum absolute atomic E-state index is 14.4. The molecule has 1 N–H and O–H groups in total. The molecule has 0 radical (unpaired) electrons. The predicted octanol–water partition coefficient (Wildman–Crippen LogP) is 2.73. The number of likely N-dealkylation sites (N-methyl/N-ethyl adjacent to an activating group) is 1. The van der Waals surface area contributed by atoms with Crippen molar-refractivity contribution in [3.8, 4) is 0 Å². The summed E-state index contributed by atoms with van der Waals surface area (Å²) in [5.41, 5.74) is 3.22. The van der Waals surface area contributed by atoms with Crippen LogP contribution in [0.4, 0.5) is 15.8 Å². The van der Waals surface area contributed by atoms with Crippen molar-refractivity contribution in [2.45, 2.75) is 6.92 Å². The van der Waals surface area contributed by atoms with E-state index in [-0.39, 0.29) is 11.6 Å². The molecule has 8 nitrogen and oxygen atoms in total. The number of halogens is 1. The summed E-state index contributed by atoms with van der Waals surface area (Å²) in [7, 11) is 2.11. The van der Waals surface area contributed by atoms with Gasteiger partial charge in [0.05, 0.1) is 23.1 Å². The molecule has 0 saturated carbocycles. The van der Waals surface area contributed by atoms with Gasteiger partial charge in [-0.15, -0.1) is 5.10 Å². The second-order valence-electron chi connectivity index (χ2n) is 7.86. The second kappa shape index (κ2) is 7.59. The summed E-state index contributed by atoms with van der Waals surface area (Å²) in [6, 6.07) is 6.86. The lowest BCUT2D eigenvalue weighted by atomic mass is 10.1. The van der Waals surface area contributed by atoms with E-state index in [1.165, 1.54) is 6.07 Å². The number of aromatic nitrogens is 4. The van der Waals surface area contributed by atoms with Gasteiger partial charge in [0.2, 0.25) is 0 Å². The zero-order chi connectivity index (χ0) is 21.5. The number of carbonyl (C=O) groups is 1. The largest absolute Gasteiger partial charge is 0.368 e. The number of pyridine rings is 1. The fourth-order valence-corrected chi connectivity index (χ4v) is 4.02. The molecule has 158 valence electrons. The number of fused-ring (bicyclic) bond motifs is 2. The highest BCUT2D eigenvalue weighted by molar-refractivity contribution is 6.13. The van der Waals surface area contributed by atoms with Crippen LogP contribution in [0.2, 0.25) is 0 Å². The van der Waals surface area contributed by atoms with E-state index < -0.39 is 5.82 Å². The molecule has 0 unspecified atom stereocenters. The number of piperazine rings is 1. The zero-order valence-electron chi connectivity index (χ0n) is 17.3. The Morgan fingerprint density at radius 3 is 2.74 bits per heavy atom. The third-order valence-corrected chi connectivity index (χ3v) is 5.63. The second-order valence-corrected chi connectivity index (χ2v) is 7.86. The van der Waals surface area contributed by atoms with Crippen molar-refractivity contribution in [2.24, 2.45) is 0 Å². The van der Waals surface area contributed by atoms with Crippen LogP contribution in [0.15, 0.2) is 42.9 Å². The Hall–Kier alpha value is -3.59. The first-order chi connectivity index (χ1) is 15.0. The average molecular weight is 419 g/mol. The monoisotopic (exact) mass is 419 g/mol. The third kappa shape index (κ3) is 3.57. The highest BCUT2D eigenvalue weighted by Gasteiger charge is 2.20. The van der Waals surface area contributed by atoms with Gasteiger partial charge in [-0.3, -0.25) is 4.79 Å². The van der Waals surface area contributed by atoms with E-state index in [9.17, 15) is 9.18 Å². The molecule has 1 aliphatic rings. The SMILES string of the molecule is Cc1cn2cc(NC(=O)c3ccc(N4CCN(C)CC4)c4ccnnc34)cc(F)c2n1. The first-order valence-electron chi connectivity index (χ1n) is 10.1. The normalized spacial score (nSPS) is 15.0. The lowest BCUT2D eigenvalue weighted by Gasteiger charge is -2.34. The highest BCUT2D eigenvalue weighted by Crippen LogP contribution is 2.29. The topological polar surface area (TPSA) is 78.7 Å². The quantitative estimate of drug-likeness (QED) is 0.550. The maximum Gasteiger partial charge on any atom is 0.257 e. The fourth-order valence-electron chi connectivity index (χ4n) is 4.02. The Morgan fingerprint density at radius 1 is 1.13 bits per heavy atom. The molecule has 0 aliphatic carbocycles. The van der Waals surface area contributed by atoms with Crippen molar-refractivity contribution in [3.63, 3.8) is 0 Å². The number of carbonyl (C=O) groups excluding carboxylic acids is 1. The van der Waals surface area contributed by atoms with Crippen molar-refractivity contribution in [3.05, 3.63) is 59.9 Å². The lowest BCUT2D eigenvalue weighted by Crippen LogP contribution is -2.44. The van der Waals surface area contributed by atoms with Crippen LogP contribution in [0.1, 0.15) is 16.1 Å². The van der Waals surface area contributed by atoms with E-state index in [2.05, 4.69) is 37.3 Å². The van der Waals surface area contributed by atoms with Gasteiger partial charge in [0, 0.05) is 55.7 Å². The van der Waals surface area contributed by atoms with Gasteiger partial charge in [0.25, 0.3) is 5.91 Å². The molecule has 0 spiro atoms. The van der Waals surface area contributed by atoms with E-state index >= 15 is 0 Å². The number of amides is 1. The minimum Gasteiger partial charge on any atom is -0.368 e. The number of benzene rings is 1. The standard InChI is InChI=1S/C22H22FN7O/c1-14-12-30-13-15(11-18(23)21(30)25-14)26-22(31)17-3-4-19(16-5-6-24-27-20(16)17)29-9-7-28(2)8-10-29/h3-6,11-13H,7-10H2,1-2H3,(H,26,31). The van der Waals surface area contributed by atoms with Gasteiger partial charge < -0.3 is 19.5 Å². The molecule has 31 heavy (non-hydrogen) atoms. The number of imidazole rings is 1. The number of nitrogens with zero attached hydrogens (tertiary/aromatic N) is 6. The molecule has 0 bridgehead atoms. The molecule has 1 saturated heterocycles. The van der Waals surface area contributed by atoms with Crippen LogP contribution in [-0.4, -0.2) is 63.6 Å². The number of rotatable bonds is 3. The molecule has 3 aromatic heterocycles. The van der Waals surface area contributed by atoms with E-state index in [0.29, 0.717) is 22.5 Å². The molecule has 1 aliphatic heterocycles. The molecule has 1 amide bonds. The molecule has 1 aromatic carbocycles. The van der Waals surface area contributed by atoms with Crippen LogP contribution in [0, 0.1) is 12.7 Å². The summed E-state index contributed by atoms with van der Waals surface area (Å²) in [5.74, 6) is -0.869. The average Bonchev–Trinajstić information content (AvgIpc) is 3.14. The smallest absolute Gasteiger partial charge is 0.257 e. The van der Waals surface area contributed by atoms with Crippen LogP contribution in [-0.2, 0) is 0 Å². The van der Waals surface area contributed by atoms with Crippen molar-refractivity contribution in [2.75, 3.05) is 43.4 Å². The number of aryl methyl sites for hydroxylation is 1. The number of hydrogen-bond donors (Lipinski definition) is 1. The summed E-state index contributed by atoms with van der Waals surface area (Å²) < 4.78 is 16.0. The third-order valence-electron chi connectivity index (χ3n) is 5.63. The van der Waals surface area contributed by atoms with E-state index in [1.807, 2.05) is 12.1 Å². The number of hydrogen-bond acceptors (Lipinski definition) is 6. The number of anilines is 2. The number of nitrogens with one attached hydrogen (secondary N) is 1. The van der Waals surface area contributed by atoms with Crippen LogP contribution in [0.5, 0.6) is 0 Å². The zero-order valence-corrected chi connectivity index (χ0v) is 17.3. The van der Waals surface area contributed by atoms with Gasteiger partial charge in [-0.25, -0.2) is 9.37 Å². The molecule has 1 fully saturated rings. The van der Waals surface area contributed by atoms with Crippen LogP contribution < -0.4 is 10.2 Å². The lowest BCUT2D eigenvalue weighted by molar-refractivity contribution is 0.102. The van der Waals surface area contributed by atoms with Crippen molar-refractivity contribution in [1.82, 2.24) is 24.5 Å². The summed E-state index contributed by atoms with van der Waals surface area (Å²) in [4.78, 5) is 21.8. The Labute approximate surface area is 178 Å². The van der Waals surface area contributed by atoms with Gasteiger partial charge >= 0.3 is 0 Å². The summed E-state index contributed by atoms with van der Waals surface area (Å²) >= 11 is 0. The van der Waals surface area contributed by atoms with Gasteiger partial charge in [0.15, 0.2) is 11.5 Å². The van der Waals surface area contributed by atoms with Gasteiger partial charge in [-0.1, -0.05) is 0 Å². The van der Waals surface area contributed by atoms with E-state index in [4.69, 9.17) is 0 Å². The predicted molar refractivity (Wildman–Crippen MR) is 117 cm³/mol. The Balaban J connectivity index is 1.49. The van der Waals surface area contributed by atoms with Crippen LogP contribution in [0.3, 0.4) is 0 Å². The molecule has 5 rings (SSSR count). The minimum absolute atomic E-state index is 0.225. The molecular weight excluding hydrogens is 397 g/mol. The van der Waals surface area contributed by atoms with Crippen LogP contribution >= 0.6 is 0 Å². The molecule has 0 atom stereocenters. The van der Waals surface area contributed by atoms with Gasteiger partial charge in [-0.2, -0.15) is 5.10 Å². The summed E-state index contributed by atoms with van der Waals surface area (Å²) in [6.45, 7) is 5.55. The minimum atomic E-state index is -0.499. The van der Waals surface area contributed by atoms with E-state index in [1.54, 1.807) is 36.0 Å². The van der Waals surface area contributed by atoms with Crippen molar-refractivity contribution in [1.29, 1.82) is 0 Å². The van der Waals surface area contributed by atoms with Gasteiger partial charge in [0.1, 0.15) is 5.52 Å². The van der Waals surface area contributed by atoms with Gasteiger partial charge in [-0.05, 0) is 32.2 Å². The van der Waals surface area contributed by atoms with Crippen molar-refractivity contribution >= 4 is 33.8 Å². The first-order valence-corrected chi connectivity index (χ1v) is 10.1. The molecular formula is C22H22FN7O. The van der Waals surface area contributed by atoms with E-state index in [0.717, 1.165) is 37.3 Å². The Kier molecular flexibility index (Phi) is 4.74. The maximum atomic E-state index is 14.4. The Morgan fingerprint density at radius 2 is 1.94 bits per heavy atom. The Bertz CT molecular complexity index is 1290. The molecule has 9 heteroatoms. The summed E-state index contributed by atoms with van der Waals surface area (Å²) in [5, 5.41) is 11.9. The van der Waals surface area contributed by atoms with Crippen LogP contribution in [0.25, 0.3) is 16.6 Å². The first kappa shape index (κ1) is 19.4.